The van der Waals surface area contributed by atoms with Crippen LogP contribution in [-0.4, -0.2) is 10.6 Å². The third-order valence-corrected chi connectivity index (χ3v) is 4.11. The van der Waals surface area contributed by atoms with E-state index >= 15 is 0 Å². The first-order valence-electron chi connectivity index (χ1n) is 5.68. The summed E-state index contributed by atoms with van der Waals surface area (Å²) in [7, 11) is 2.14. The molecule has 1 atom stereocenters. The van der Waals surface area contributed by atoms with Gasteiger partial charge in [-0.3, -0.25) is 0 Å². The fraction of sp³-hybridized carbons (Fsp3) is 0.385. The summed E-state index contributed by atoms with van der Waals surface area (Å²) in [6, 6.07) is 6.87. The number of halogens is 1. The summed E-state index contributed by atoms with van der Waals surface area (Å²) in [6.07, 6.45) is 3.25. The van der Waals surface area contributed by atoms with Gasteiger partial charge in [-0.05, 0) is 30.5 Å². The molecule has 0 spiro atoms. The van der Waals surface area contributed by atoms with Gasteiger partial charge in [0, 0.05) is 40.6 Å². The summed E-state index contributed by atoms with van der Waals surface area (Å²) in [6.45, 7) is 0. The molecule has 1 aliphatic carbocycles. The van der Waals surface area contributed by atoms with Crippen molar-refractivity contribution in [3.8, 4) is 0 Å². The zero-order valence-electron chi connectivity index (χ0n) is 9.33. The number of hydrogen-bond donors (Lipinski definition) is 1. The highest BCUT2D eigenvalue weighted by Gasteiger charge is 2.21. The highest BCUT2D eigenvalue weighted by atomic mass is 79.9. The van der Waals surface area contributed by atoms with Crippen LogP contribution in [0.1, 0.15) is 17.7 Å². The van der Waals surface area contributed by atoms with Crippen molar-refractivity contribution in [3.63, 3.8) is 0 Å². The predicted molar refractivity (Wildman–Crippen MR) is 70.6 cm³/mol. The van der Waals surface area contributed by atoms with E-state index in [1.54, 1.807) is 0 Å². The van der Waals surface area contributed by atoms with E-state index in [0.717, 1.165) is 23.7 Å². The Hall–Kier alpha value is -0.800. The maximum absolute atomic E-state index is 6.05. The zero-order chi connectivity index (χ0) is 11.3. The Labute approximate surface area is 104 Å². The molecule has 0 amide bonds. The Morgan fingerprint density at radius 2 is 2.25 bits per heavy atom. The van der Waals surface area contributed by atoms with Crippen LogP contribution in [0.25, 0.3) is 10.9 Å². The van der Waals surface area contributed by atoms with E-state index in [4.69, 9.17) is 5.73 Å². The topological polar surface area (TPSA) is 30.9 Å². The van der Waals surface area contributed by atoms with Gasteiger partial charge in [0.2, 0.25) is 0 Å². The Balaban J connectivity index is 2.31. The lowest BCUT2D eigenvalue weighted by molar-refractivity contribution is 0.558. The summed E-state index contributed by atoms with van der Waals surface area (Å²) in [5.74, 6) is 0. The van der Waals surface area contributed by atoms with Gasteiger partial charge in [-0.2, -0.15) is 0 Å². The number of hydrogen-bond acceptors (Lipinski definition) is 1. The van der Waals surface area contributed by atoms with Gasteiger partial charge < -0.3 is 10.3 Å². The monoisotopic (exact) mass is 278 g/mol. The molecule has 2 N–H and O–H groups in total. The van der Waals surface area contributed by atoms with Gasteiger partial charge in [-0.15, -0.1) is 0 Å². The van der Waals surface area contributed by atoms with E-state index < -0.39 is 0 Å². The van der Waals surface area contributed by atoms with Crippen molar-refractivity contribution in [2.45, 2.75) is 25.3 Å². The molecule has 0 fully saturated rings. The Bertz CT molecular complexity index is 557. The minimum absolute atomic E-state index is 0.332. The second-order valence-corrected chi connectivity index (χ2v) is 5.56. The number of aryl methyl sites for hydroxylation is 2. The van der Waals surface area contributed by atoms with E-state index in [9.17, 15) is 0 Å². The maximum Gasteiger partial charge on any atom is 0.0494 e. The highest BCUT2D eigenvalue weighted by Crippen LogP contribution is 2.32. The van der Waals surface area contributed by atoms with Crippen LogP contribution in [0.2, 0.25) is 0 Å². The van der Waals surface area contributed by atoms with Crippen LogP contribution in [0.3, 0.4) is 0 Å². The third kappa shape index (κ3) is 1.42. The Kier molecular flexibility index (Phi) is 2.33. The summed E-state index contributed by atoms with van der Waals surface area (Å²) in [5, 5.41) is 1.40. The van der Waals surface area contributed by atoms with Gasteiger partial charge in [-0.25, -0.2) is 0 Å². The van der Waals surface area contributed by atoms with Gasteiger partial charge in [0.25, 0.3) is 0 Å². The van der Waals surface area contributed by atoms with E-state index in [-0.39, 0.29) is 0 Å². The van der Waals surface area contributed by atoms with E-state index in [2.05, 4.69) is 45.7 Å². The number of rotatable bonds is 0. The van der Waals surface area contributed by atoms with Crippen LogP contribution in [0.4, 0.5) is 0 Å². The van der Waals surface area contributed by atoms with E-state index in [0.29, 0.717) is 6.04 Å². The lowest BCUT2D eigenvalue weighted by Crippen LogP contribution is -2.28. The normalized spacial score (nSPS) is 20.1. The van der Waals surface area contributed by atoms with E-state index in [1.165, 1.54) is 22.2 Å². The van der Waals surface area contributed by atoms with Crippen molar-refractivity contribution in [2.75, 3.05) is 0 Å². The molecule has 3 heteroatoms. The van der Waals surface area contributed by atoms with E-state index in [1.807, 2.05) is 0 Å². The zero-order valence-corrected chi connectivity index (χ0v) is 10.9. The smallest absolute Gasteiger partial charge is 0.0494 e. The first-order valence-corrected chi connectivity index (χ1v) is 6.47. The lowest BCUT2D eigenvalue weighted by Gasteiger charge is -2.19. The second kappa shape index (κ2) is 3.60. The molecule has 0 saturated carbocycles. The molecular formula is C13H15BrN2. The molecule has 0 radical (unpaired) electrons. The fourth-order valence-corrected chi connectivity index (χ4v) is 3.11. The van der Waals surface area contributed by atoms with Crippen molar-refractivity contribution in [2.24, 2.45) is 12.8 Å². The molecule has 1 heterocycles. The summed E-state index contributed by atoms with van der Waals surface area (Å²) in [4.78, 5) is 0. The van der Waals surface area contributed by atoms with Gasteiger partial charge >= 0.3 is 0 Å². The molecule has 1 aromatic carbocycles. The minimum atomic E-state index is 0.332. The molecule has 0 bridgehead atoms. The van der Waals surface area contributed by atoms with Gasteiger partial charge in [0.05, 0.1) is 0 Å². The Morgan fingerprint density at radius 1 is 1.44 bits per heavy atom. The third-order valence-electron chi connectivity index (χ3n) is 3.62. The van der Waals surface area contributed by atoms with Gasteiger partial charge in [-0.1, -0.05) is 22.0 Å². The molecule has 1 unspecified atom stereocenters. The van der Waals surface area contributed by atoms with Crippen LogP contribution in [0.15, 0.2) is 22.7 Å². The predicted octanol–water partition coefficient (Wildman–Crippen LogP) is 2.76. The fourth-order valence-electron chi connectivity index (χ4n) is 2.76. The molecular weight excluding hydrogens is 264 g/mol. The largest absolute Gasteiger partial charge is 0.347 e. The molecule has 1 aliphatic rings. The van der Waals surface area contributed by atoms with Crippen LogP contribution in [0.5, 0.6) is 0 Å². The number of aromatic nitrogens is 1. The summed E-state index contributed by atoms with van der Waals surface area (Å²) < 4.78 is 3.44. The molecule has 2 aromatic rings. The summed E-state index contributed by atoms with van der Waals surface area (Å²) >= 11 is 3.53. The van der Waals surface area contributed by atoms with Crippen molar-refractivity contribution < 1.29 is 0 Å². The minimum Gasteiger partial charge on any atom is -0.347 e. The average molecular weight is 279 g/mol. The molecule has 3 rings (SSSR count). The molecule has 1 aromatic heterocycles. The maximum atomic E-state index is 6.05. The van der Waals surface area contributed by atoms with Crippen LogP contribution < -0.4 is 5.73 Å². The van der Waals surface area contributed by atoms with Crippen LogP contribution in [0, 0.1) is 0 Å². The quantitative estimate of drug-likeness (QED) is 0.790. The van der Waals surface area contributed by atoms with Crippen molar-refractivity contribution >= 4 is 26.8 Å². The van der Waals surface area contributed by atoms with Crippen LogP contribution >= 0.6 is 15.9 Å². The molecule has 84 valence electrons. The molecule has 2 nitrogen and oxygen atoms in total. The lowest BCUT2D eigenvalue weighted by atomic mass is 9.92. The van der Waals surface area contributed by atoms with Crippen molar-refractivity contribution in [1.82, 2.24) is 4.57 Å². The Morgan fingerprint density at radius 3 is 3.06 bits per heavy atom. The van der Waals surface area contributed by atoms with Gasteiger partial charge in [0.15, 0.2) is 0 Å². The number of benzene rings is 1. The first-order chi connectivity index (χ1) is 7.66. The molecule has 0 saturated heterocycles. The van der Waals surface area contributed by atoms with Gasteiger partial charge in [0.1, 0.15) is 0 Å². The SMILES string of the molecule is Cn1c2c(c3ccc(Br)cc31)CCC(N)C2. The second-order valence-electron chi connectivity index (χ2n) is 4.65. The highest BCUT2D eigenvalue weighted by molar-refractivity contribution is 9.10. The molecule has 0 aliphatic heterocycles. The number of fused-ring (bicyclic) bond motifs is 3. The molecule has 16 heavy (non-hydrogen) atoms. The number of nitrogens with two attached hydrogens (primary N) is 1. The standard InChI is InChI=1S/C13H15BrN2/c1-16-12-6-8(14)2-4-10(12)11-5-3-9(15)7-13(11)16/h2,4,6,9H,3,5,7,15H2,1H3. The average Bonchev–Trinajstić information content (AvgIpc) is 2.53. The number of nitrogens with zero attached hydrogens (tertiary/aromatic N) is 1. The first kappa shape index (κ1) is 10.4. The van der Waals surface area contributed by atoms with Crippen LogP contribution in [-0.2, 0) is 19.9 Å². The van der Waals surface area contributed by atoms with Crippen molar-refractivity contribution in [1.29, 1.82) is 0 Å². The van der Waals surface area contributed by atoms with Crippen molar-refractivity contribution in [3.05, 3.63) is 33.9 Å². The summed E-state index contributed by atoms with van der Waals surface area (Å²) in [5.41, 5.74) is 10.3.